The lowest BCUT2D eigenvalue weighted by Crippen LogP contribution is -2.52. The Hall–Kier alpha value is -1.73. The smallest absolute Gasteiger partial charge is 0.230 e. The predicted molar refractivity (Wildman–Crippen MR) is 97.6 cm³/mol. The Morgan fingerprint density at radius 2 is 1.88 bits per heavy atom. The van der Waals surface area contributed by atoms with E-state index in [1.54, 1.807) is 5.41 Å². The Morgan fingerprint density at radius 3 is 2.46 bits per heavy atom. The summed E-state index contributed by atoms with van der Waals surface area (Å²) in [6.07, 6.45) is 10.5. The van der Waals surface area contributed by atoms with Crippen molar-refractivity contribution in [2.24, 2.45) is 0 Å². The van der Waals surface area contributed by atoms with Gasteiger partial charge in [0.15, 0.2) is 0 Å². The summed E-state index contributed by atoms with van der Waals surface area (Å²) < 4.78 is 0. The molecule has 1 aromatic rings. The van der Waals surface area contributed by atoms with Crippen molar-refractivity contribution in [1.29, 1.82) is 5.26 Å². The van der Waals surface area contributed by atoms with Crippen LogP contribution in [0.3, 0.4) is 0 Å². The monoisotopic (exact) mass is 340 g/mol. The standard InChI is InChI=1S/C20H24N2OS/c21-14-5-15-24-18-10-8-16(9-11-18)20(12-4-13-20)19(23)22-17-6-2-1-3-7-17/h5,8-11,15,17H,1-4,6-7,12-13H2,(H,22,23)/b15-5+. The molecule has 0 unspecified atom stereocenters. The van der Waals surface area contributed by atoms with Crippen molar-refractivity contribution >= 4 is 17.7 Å². The van der Waals surface area contributed by atoms with Gasteiger partial charge < -0.3 is 5.32 Å². The molecule has 1 aromatic carbocycles. The minimum absolute atomic E-state index is 0.227. The van der Waals surface area contributed by atoms with E-state index in [1.807, 2.05) is 6.07 Å². The number of carbonyl (C=O) groups is 1. The largest absolute Gasteiger partial charge is 0.353 e. The average Bonchev–Trinajstić information content (AvgIpc) is 2.56. The van der Waals surface area contributed by atoms with Crippen molar-refractivity contribution in [3.8, 4) is 6.07 Å². The molecular formula is C20H24N2OS. The Bertz CT molecular complexity index is 635. The van der Waals surface area contributed by atoms with Crippen LogP contribution in [0.1, 0.15) is 56.9 Å². The highest BCUT2D eigenvalue weighted by Crippen LogP contribution is 2.44. The summed E-state index contributed by atoms with van der Waals surface area (Å²) in [6, 6.07) is 10.6. The quantitative estimate of drug-likeness (QED) is 0.625. The van der Waals surface area contributed by atoms with Crippen molar-refractivity contribution in [3.05, 3.63) is 41.3 Å². The van der Waals surface area contributed by atoms with Gasteiger partial charge >= 0.3 is 0 Å². The fourth-order valence-electron chi connectivity index (χ4n) is 3.74. The van der Waals surface area contributed by atoms with Crippen LogP contribution in [0.4, 0.5) is 0 Å². The Morgan fingerprint density at radius 1 is 1.17 bits per heavy atom. The van der Waals surface area contributed by atoms with E-state index >= 15 is 0 Å². The van der Waals surface area contributed by atoms with E-state index < -0.39 is 0 Å². The van der Waals surface area contributed by atoms with Crippen molar-refractivity contribution in [1.82, 2.24) is 5.32 Å². The van der Waals surface area contributed by atoms with Crippen LogP contribution < -0.4 is 5.32 Å². The van der Waals surface area contributed by atoms with E-state index in [0.717, 1.165) is 42.6 Å². The SMILES string of the molecule is N#C/C=C/Sc1ccc(C2(C(=O)NC3CCCCC3)CCC2)cc1. The van der Waals surface area contributed by atoms with Crippen molar-refractivity contribution in [3.63, 3.8) is 0 Å². The van der Waals surface area contributed by atoms with E-state index in [2.05, 4.69) is 29.6 Å². The lowest BCUT2D eigenvalue weighted by atomic mass is 9.63. The normalized spacial score (nSPS) is 20.3. The first-order valence-corrected chi connectivity index (χ1v) is 9.75. The number of hydrogen-bond acceptors (Lipinski definition) is 3. The zero-order chi connectivity index (χ0) is 16.8. The van der Waals surface area contributed by atoms with E-state index in [9.17, 15) is 4.79 Å². The van der Waals surface area contributed by atoms with E-state index in [1.165, 1.54) is 37.1 Å². The topological polar surface area (TPSA) is 52.9 Å². The zero-order valence-corrected chi connectivity index (χ0v) is 14.8. The fourth-order valence-corrected chi connectivity index (χ4v) is 4.32. The first kappa shape index (κ1) is 17.1. The van der Waals surface area contributed by atoms with Crippen LogP contribution in [0.2, 0.25) is 0 Å². The van der Waals surface area contributed by atoms with E-state index in [4.69, 9.17) is 5.26 Å². The lowest BCUT2D eigenvalue weighted by molar-refractivity contribution is -0.130. The second-order valence-electron chi connectivity index (χ2n) is 6.82. The number of amides is 1. The minimum atomic E-state index is -0.316. The highest BCUT2D eigenvalue weighted by molar-refractivity contribution is 8.02. The number of nitrogens with one attached hydrogen (secondary N) is 1. The summed E-state index contributed by atoms with van der Waals surface area (Å²) in [6.45, 7) is 0. The third-order valence-electron chi connectivity index (χ3n) is 5.34. The van der Waals surface area contributed by atoms with Crippen LogP contribution in [-0.2, 0) is 10.2 Å². The molecule has 3 nitrogen and oxygen atoms in total. The molecule has 2 saturated carbocycles. The number of carbonyl (C=O) groups excluding carboxylic acids is 1. The highest BCUT2D eigenvalue weighted by atomic mass is 32.2. The summed E-state index contributed by atoms with van der Waals surface area (Å²) in [5, 5.41) is 13.6. The van der Waals surface area contributed by atoms with Gasteiger partial charge in [0, 0.05) is 17.0 Å². The van der Waals surface area contributed by atoms with Crippen LogP contribution in [0.25, 0.3) is 0 Å². The summed E-state index contributed by atoms with van der Waals surface area (Å²) in [5.41, 5.74) is 0.819. The molecule has 1 amide bonds. The molecule has 0 heterocycles. The molecule has 2 aliphatic rings. The molecule has 126 valence electrons. The summed E-state index contributed by atoms with van der Waals surface area (Å²) >= 11 is 1.52. The van der Waals surface area contributed by atoms with Gasteiger partial charge in [-0.1, -0.05) is 49.6 Å². The average molecular weight is 340 g/mol. The molecule has 2 aliphatic carbocycles. The first-order valence-electron chi connectivity index (χ1n) is 8.87. The summed E-state index contributed by atoms with van der Waals surface area (Å²) in [5.74, 6) is 0.227. The lowest BCUT2D eigenvalue weighted by Gasteiger charge is -2.42. The molecule has 0 aromatic heterocycles. The maximum Gasteiger partial charge on any atom is 0.230 e. The third kappa shape index (κ3) is 3.67. The van der Waals surface area contributed by atoms with Gasteiger partial charge in [-0.15, -0.1) is 0 Å². The Balaban J connectivity index is 1.69. The first-order chi connectivity index (χ1) is 11.7. The van der Waals surface area contributed by atoms with Crippen LogP contribution in [0.15, 0.2) is 40.6 Å². The van der Waals surface area contributed by atoms with Gasteiger partial charge in [-0.05, 0) is 48.8 Å². The molecule has 0 spiro atoms. The molecule has 0 saturated heterocycles. The molecule has 4 heteroatoms. The van der Waals surface area contributed by atoms with E-state index in [0.29, 0.717) is 6.04 Å². The number of nitriles is 1. The molecular weight excluding hydrogens is 316 g/mol. The Kier molecular flexibility index (Phi) is 5.63. The van der Waals surface area contributed by atoms with Gasteiger partial charge in [-0.25, -0.2) is 0 Å². The maximum absolute atomic E-state index is 12.9. The van der Waals surface area contributed by atoms with Crippen LogP contribution >= 0.6 is 11.8 Å². The van der Waals surface area contributed by atoms with Gasteiger partial charge in [0.25, 0.3) is 0 Å². The van der Waals surface area contributed by atoms with Crippen molar-refractivity contribution in [2.75, 3.05) is 0 Å². The summed E-state index contributed by atoms with van der Waals surface area (Å²) in [4.78, 5) is 14.0. The third-order valence-corrected chi connectivity index (χ3v) is 6.15. The number of nitrogens with zero attached hydrogens (tertiary/aromatic N) is 1. The van der Waals surface area contributed by atoms with Gasteiger partial charge in [-0.3, -0.25) is 4.79 Å². The molecule has 3 rings (SSSR count). The van der Waals surface area contributed by atoms with Gasteiger partial charge in [0.05, 0.1) is 11.5 Å². The molecule has 2 fully saturated rings. The van der Waals surface area contributed by atoms with Crippen LogP contribution in [0, 0.1) is 11.3 Å². The van der Waals surface area contributed by atoms with Crippen LogP contribution in [0.5, 0.6) is 0 Å². The van der Waals surface area contributed by atoms with E-state index in [-0.39, 0.29) is 11.3 Å². The van der Waals surface area contributed by atoms with Gasteiger partial charge in [0.2, 0.25) is 5.91 Å². The molecule has 1 N–H and O–H groups in total. The number of benzene rings is 1. The fraction of sp³-hybridized carbons (Fsp3) is 0.500. The predicted octanol–water partition coefficient (Wildman–Crippen LogP) is 4.69. The second kappa shape index (κ2) is 7.90. The molecule has 0 atom stereocenters. The molecule has 0 aliphatic heterocycles. The van der Waals surface area contributed by atoms with Gasteiger partial charge in [-0.2, -0.15) is 5.26 Å². The number of hydrogen-bond donors (Lipinski definition) is 1. The highest BCUT2D eigenvalue weighted by Gasteiger charge is 2.46. The van der Waals surface area contributed by atoms with Crippen molar-refractivity contribution in [2.45, 2.75) is 67.7 Å². The molecule has 0 bridgehead atoms. The number of thioether (sulfide) groups is 1. The number of allylic oxidation sites excluding steroid dienone is 1. The van der Waals surface area contributed by atoms with Crippen molar-refractivity contribution < 1.29 is 4.79 Å². The molecule has 24 heavy (non-hydrogen) atoms. The number of rotatable bonds is 5. The van der Waals surface area contributed by atoms with Gasteiger partial charge in [0.1, 0.15) is 0 Å². The van der Waals surface area contributed by atoms with Crippen LogP contribution in [-0.4, -0.2) is 11.9 Å². The zero-order valence-electron chi connectivity index (χ0n) is 14.0. The Labute approximate surface area is 148 Å². The summed E-state index contributed by atoms with van der Waals surface area (Å²) in [7, 11) is 0. The molecule has 0 radical (unpaired) electrons. The maximum atomic E-state index is 12.9. The second-order valence-corrected chi connectivity index (χ2v) is 7.80. The minimum Gasteiger partial charge on any atom is -0.353 e.